The third-order valence-corrected chi connectivity index (χ3v) is 2.18. The summed E-state index contributed by atoms with van der Waals surface area (Å²) in [6.07, 6.45) is 0.310. The maximum absolute atomic E-state index is 11.3. The Kier molecular flexibility index (Phi) is 5.02. The number of ether oxygens (including phenoxy) is 1. The lowest BCUT2D eigenvalue weighted by Crippen LogP contribution is -2.21. The maximum atomic E-state index is 11.3. The fourth-order valence-corrected chi connectivity index (χ4v) is 1.48. The summed E-state index contributed by atoms with van der Waals surface area (Å²) in [5.41, 5.74) is 1.43. The SMILES string of the molecule is CCOC(=O)CC(C)Nc1cccc(C#N)c1. The van der Waals surface area contributed by atoms with Crippen LogP contribution in [0.2, 0.25) is 0 Å². The van der Waals surface area contributed by atoms with E-state index in [0.29, 0.717) is 18.6 Å². The quantitative estimate of drug-likeness (QED) is 0.791. The lowest BCUT2D eigenvalue weighted by atomic mass is 10.2. The van der Waals surface area contributed by atoms with Crippen molar-refractivity contribution in [2.45, 2.75) is 26.3 Å². The summed E-state index contributed by atoms with van der Waals surface area (Å²) in [6.45, 7) is 4.08. The number of esters is 1. The number of nitrogens with one attached hydrogen (secondary N) is 1. The normalized spacial score (nSPS) is 11.4. The van der Waals surface area contributed by atoms with Crippen LogP contribution in [0.4, 0.5) is 5.69 Å². The number of benzene rings is 1. The Balaban J connectivity index is 2.53. The summed E-state index contributed by atoms with van der Waals surface area (Å²) < 4.78 is 4.86. The van der Waals surface area contributed by atoms with Gasteiger partial charge < -0.3 is 10.1 Å². The Morgan fingerprint density at radius 2 is 2.35 bits per heavy atom. The van der Waals surface area contributed by atoms with Crippen LogP contribution < -0.4 is 5.32 Å². The topological polar surface area (TPSA) is 62.1 Å². The van der Waals surface area contributed by atoms with Gasteiger partial charge in [-0.3, -0.25) is 4.79 Å². The molecule has 4 nitrogen and oxygen atoms in total. The first-order valence-electron chi connectivity index (χ1n) is 5.58. The van der Waals surface area contributed by atoms with Crippen LogP contribution >= 0.6 is 0 Å². The van der Waals surface area contributed by atoms with Crippen LogP contribution in [0.1, 0.15) is 25.8 Å². The fourth-order valence-electron chi connectivity index (χ4n) is 1.48. The predicted octanol–water partition coefficient (Wildman–Crippen LogP) is 2.31. The van der Waals surface area contributed by atoms with Gasteiger partial charge in [0.1, 0.15) is 0 Å². The van der Waals surface area contributed by atoms with E-state index in [1.807, 2.05) is 13.0 Å². The second-order valence-electron chi connectivity index (χ2n) is 3.75. The highest BCUT2D eigenvalue weighted by Gasteiger charge is 2.09. The summed E-state index contributed by atoms with van der Waals surface area (Å²) >= 11 is 0. The molecule has 0 aliphatic heterocycles. The van der Waals surface area contributed by atoms with Gasteiger partial charge in [-0.15, -0.1) is 0 Å². The minimum Gasteiger partial charge on any atom is -0.466 e. The first-order chi connectivity index (χ1) is 8.15. The number of nitrogens with zero attached hydrogens (tertiary/aromatic N) is 1. The van der Waals surface area contributed by atoms with Crippen LogP contribution in [0.3, 0.4) is 0 Å². The van der Waals surface area contributed by atoms with Gasteiger partial charge in [-0.1, -0.05) is 6.07 Å². The van der Waals surface area contributed by atoms with E-state index in [-0.39, 0.29) is 12.0 Å². The van der Waals surface area contributed by atoms with Crippen molar-refractivity contribution in [3.05, 3.63) is 29.8 Å². The number of hydrogen-bond donors (Lipinski definition) is 1. The molecule has 0 radical (unpaired) electrons. The monoisotopic (exact) mass is 232 g/mol. The number of nitriles is 1. The smallest absolute Gasteiger partial charge is 0.307 e. The van der Waals surface area contributed by atoms with Crippen molar-refractivity contribution in [1.29, 1.82) is 5.26 Å². The molecule has 0 fully saturated rings. The van der Waals surface area contributed by atoms with E-state index in [1.165, 1.54) is 0 Å². The summed E-state index contributed by atoms with van der Waals surface area (Å²) in [7, 11) is 0. The molecule has 1 atom stereocenters. The zero-order valence-electron chi connectivity index (χ0n) is 10.1. The van der Waals surface area contributed by atoms with Crippen molar-refractivity contribution >= 4 is 11.7 Å². The summed E-state index contributed by atoms with van der Waals surface area (Å²) in [6, 6.07) is 9.20. The summed E-state index contributed by atoms with van der Waals surface area (Å²) in [4.78, 5) is 11.3. The molecule has 1 unspecified atom stereocenters. The molecule has 0 amide bonds. The van der Waals surface area contributed by atoms with E-state index in [0.717, 1.165) is 5.69 Å². The van der Waals surface area contributed by atoms with Crippen molar-refractivity contribution in [1.82, 2.24) is 0 Å². The minimum atomic E-state index is -0.219. The van der Waals surface area contributed by atoms with Crippen LogP contribution in [0.25, 0.3) is 0 Å². The predicted molar refractivity (Wildman–Crippen MR) is 65.5 cm³/mol. The standard InChI is InChI=1S/C13H16N2O2/c1-3-17-13(16)7-10(2)15-12-6-4-5-11(8-12)9-14/h4-6,8,10,15H,3,7H2,1-2H3. The highest BCUT2D eigenvalue weighted by Crippen LogP contribution is 2.12. The van der Waals surface area contributed by atoms with E-state index >= 15 is 0 Å². The van der Waals surface area contributed by atoms with Gasteiger partial charge in [0.25, 0.3) is 0 Å². The summed E-state index contributed by atoms with van der Waals surface area (Å²) in [5, 5.41) is 11.9. The molecule has 0 saturated carbocycles. The van der Waals surface area contributed by atoms with E-state index < -0.39 is 0 Å². The van der Waals surface area contributed by atoms with Gasteiger partial charge in [-0.2, -0.15) is 5.26 Å². The number of anilines is 1. The van der Waals surface area contributed by atoms with Gasteiger partial charge >= 0.3 is 5.97 Å². The van der Waals surface area contributed by atoms with Crippen molar-refractivity contribution in [2.24, 2.45) is 0 Å². The molecular formula is C13H16N2O2. The fraction of sp³-hybridized carbons (Fsp3) is 0.385. The van der Waals surface area contributed by atoms with Gasteiger partial charge in [0.05, 0.1) is 24.7 Å². The zero-order chi connectivity index (χ0) is 12.7. The number of hydrogen-bond acceptors (Lipinski definition) is 4. The van der Waals surface area contributed by atoms with Crippen molar-refractivity contribution in [2.75, 3.05) is 11.9 Å². The van der Waals surface area contributed by atoms with Gasteiger partial charge in [0, 0.05) is 11.7 Å². The Morgan fingerprint density at radius 1 is 1.59 bits per heavy atom. The first-order valence-corrected chi connectivity index (χ1v) is 5.58. The average molecular weight is 232 g/mol. The molecular weight excluding hydrogens is 216 g/mol. The zero-order valence-corrected chi connectivity index (χ0v) is 10.1. The highest BCUT2D eigenvalue weighted by atomic mass is 16.5. The Labute approximate surface area is 101 Å². The molecule has 0 aliphatic rings. The molecule has 0 spiro atoms. The third-order valence-electron chi connectivity index (χ3n) is 2.18. The molecule has 0 saturated heterocycles. The van der Waals surface area contributed by atoms with Crippen LogP contribution in [0, 0.1) is 11.3 Å². The largest absolute Gasteiger partial charge is 0.466 e. The van der Waals surface area contributed by atoms with E-state index in [9.17, 15) is 4.79 Å². The van der Waals surface area contributed by atoms with Crippen LogP contribution in [0.15, 0.2) is 24.3 Å². The van der Waals surface area contributed by atoms with E-state index in [1.54, 1.807) is 25.1 Å². The van der Waals surface area contributed by atoms with Crippen LogP contribution in [-0.2, 0) is 9.53 Å². The molecule has 17 heavy (non-hydrogen) atoms. The molecule has 90 valence electrons. The molecule has 0 heterocycles. The molecule has 1 N–H and O–H groups in total. The molecule has 1 aromatic rings. The minimum absolute atomic E-state index is 0.0250. The Hall–Kier alpha value is -2.02. The van der Waals surface area contributed by atoms with Gasteiger partial charge in [0.15, 0.2) is 0 Å². The lowest BCUT2D eigenvalue weighted by molar-refractivity contribution is -0.143. The number of carbonyl (C=O) groups is 1. The van der Waals surface area contributed by atoms with Crippen LogP contribution in [-0.4, -0.2) is 18.6 Å². The molecule has 1 aromatic carbocycles. The van der Waals surface area contributed by atoms with Gasteiger partial charge in [-0.25, -0.2) is 0 Å². The van der Waals surface area contributed by atoms with Crippen LogP contribution in [0.5, 0.6) is 0 Å². The molecule has 4 heteroatoms. The lowest BCUT2D eigenvalue weighted by Gasteiger charge is -2.14. The highest BCUT2D eigenvalue weighted by molar-refractivity contribution is 5.70. The van der Waals surface area contributed by atoms with E-state index in [4.69, 9.17) is 10.00 Å². The molecule has 1 rings (SSSR count). The first kappa shape index (κ1) is 13.0. The summed E-state index contributed by atoms with van der Waals surface area (Å²) in [5.74, 6) is -0.219. The molecule has 0 aromatic heterocycles. The second kappa shape index (κ2) is 6.54. The molecule has 0 bridgehead atoms. The van der Waals surface area contributed by atoms with Crippen molar-refractivity contribution in [3.8, 4) is 6.07 Å². The van der Waals surface area contributed by atoms with Crippen molar-refractivity contribution in [3.63, 3.8) is 0 Å². The van der Waals surface area contributed by atoms with Gasteiger partial charge in [0.2, 0.25) is 0 Å². The molecule has 0 aliphatic carbocycles. The Morgan fingerprint density at radius 3 is 3.00 bits per heavy atom. The second-order valence-corrected chi connectivity index (χ2v) is 3.75. The number of carbonyl (C=O) groups excluding carboxylic acids is 1. The van der Waals surface area contributed by atoms with Gasteiger partial charge in [-0.05, 0) is 32.0 Å². The average Bonchev–Trinajstić information content (AvgIpc) is 2.29. The maximum Gasteiger partial charge on any atom is 0.307 e. The van der Waals surface area contributed by atoms with Crippen molar-refractivity contribution < 1.29 is 9.53 Å². The third kappa shape index (κ3) is 4.56. The van der Waals surface area contributed by atoms with E-state index in [2.05, 4.69) is 11.4 Å². The Bertz CT molecular complexity index is 424. The number of rotatable bonds is 5.